The summed E-state index contributed by atoms with van der Waals surface area (Å²) in [5, 5.41) is 1.56. The Hall–Kier alpha value is -1.59. The molecule has 0 bridgehead atoms. The molecule has 0 aliphatic carbocycles. The van der Waals surface area contributed by atoms with Gasteiger partial charge in [0.05, 0.1) is 7.11 Å². The van der Waals surface area contributed by atoms with E-state index in [1.54, 1.807) is 26.2 Å². The Kier molecular flexibility index (Phi) is 4.48. The second-order valence-corrected chi connectivity index (χ2v) is 4.09. The molecule has 5 nitrogen and oxygen atoms in total. The molecule has 17 heavy (non-hydrogen) atoms. The lowest BCUT2D eigenvalue weighted by Crippen LogP contribution is -2.42. The number of aryl methyl sites for hydroxylation is 1. The number of benzene rings is 1. The lowest BCUT2D eigenvalue weighted by atomic mass is 10.0. The molecule has 3 N–H and O–H groups in total. The fraction of sp³-hybridized carbons (Fsp3) is 0.417. The number of rotatable bonds is 4. The number of nitrogens with one attached hydrogen (secondary N) is 1. The molecule has 1 unspecified atom stereocenters. The van der Waals surface area contributed by atoms with Gasteiger partial charge in [0.2, 0.25) is 0 Å². The number of hydrazine groups is 1. The van der Waals surface area contributed by atoms with Gasteiger partial charge >= 0.3 is 0 Å². The molecule has 0 radical (unpaired) electrons. The predicted molar refractivity (Wildman–Crippen MR) is 66.5 cm³/mol. The van der Waals surface area contributed by atoms with Crippen LogP contribution in [0.5, 0.6) is 5.75 Å². The summed E-state index contributed by atoms with van der Waals surface area (Å²) in [4.78, 5) is 11.8. The summed E-state index contributed by atoms with van der Waals surface area (Å²) in [6.45, 7) is 1.94. The minimum atomic E-state index is -0.743. The normalized spacial score (nSPS) is 12.4. The largest absolute Gasteiger partial charge is 0.496 e. The van der Waals surface area contributed by atoms with Crippen molar-refractivity contribution >= 4 is 5.91 Å². The van der Waals surface area contributed by atoms with E-state index in [4.69, 9.17) is 10.5 Å². The molecule has 0 spiro atoms. The molecule has 0 fully saturated rings. The second-order valence-electron chi connectivity index (χ2n) is 4.09. The highest BCUT2D eigenvalue weighted by molar-refractivity contribution is 5.83. The molecule has 0 saturated heterocycles. The second kappa shape index (κ2) is 5.65. The summed E-state index contributed by atoms with van der Waals surface area (Å²) in [5.74, 6) is 0.357. The fourth-order valence-corrected chi connectivity index (χ4v) is 1.53. The van der Waals surface area contributed by atoms with Gasteiger partial charge in [-0.1, -0.05) is 17.7 Å². The first-order chi connectivity index (χ1) is 7.95. The highest BCUT2D eigenvalue weighted by Gasteiger charge is 2.20. The van der Waals surface area contributed by atoms with Gasteiger partial charge in [0.1, 0.15) is 11.8 Å². The van der Waals surface area contributed by atoms with Crippen molar-refractivity contribution in [1.29, 1.82) is 0 Å². The maximum absolute atomic E-state index is 11.8. The molecule has 5 heteroatoms. The molecule has 1 aromatic rings. The van der Waals surface area contributed by atoms with Crippen LogP contribution >= 0.6 is 0 Å². The smallest absolute Gasteiger partial charge is 0.255 e. The van der Waals surface area contributed by atoms with Crippen LogP contribution in [0.3, 0.4) is 0 Å². The van der Waals surface area contributed by atoms with Gasteiger partial charge in [-0.3, -0.25) is 10.2 Å². The molecular formula is C12H19N3O2. The number of ether oxygens (including phenoxy) is 1. The number of nitrogens with zero attached hydrogens (tertiary/aromatic N) is 1. The molecule has 0 aliphatic heterocycles. The molecule has 0 saturated carbocycles. The van der Waals surface area contributed by atoms with Crippen molar-refractivity contribution < 1.29 is 9.53 Å². The molecule has 94 valence electrons. The Bertz CT molecular complexity index is 405. The SMILES string of the molecule is COc1ccc(C)cc1C(N)C(=O)NN(C)C. The Labute approximate surface area is 102 Å². The van der Waals surface area contributed by atoms with Crippen LogP contribution in [0.2, 0.25) is 0 Å². The third kappa shape index (κ3) is 3.44. The van der Waals surface area contributed by atoms with Crippen molar-refractivity contribution in [3.63, 3.8) is 0 Å². The average Bonchev–Trinajstić information content (AvgIpc) is 2.27. The van der Waals surface area contributed by atoms with Crippen LogP contribution in [-0.4, -0.2) is 32.1 Å². The van der Waals surface area contributed by atoms with E-state index in [0.29, 0.717) is 11.3 Å². The third-order valence-corrected chi connectivity index (χ3v) is 2.34. The van der Waals surface area contributed by atoms with Crippen LogP contribution in [-0.2, 0) is 4.79 Å². The van der Waals surface area contributed by atoms with Crippen molar-refractivity contribution in [2.75, 3.05) is 21.2 Å². The highest BCUT2D eigenvalue weighted by Crippen LogP contribution is 2.24. The quantitative estimate of drug-likeness (QED) is 0.752. The standard InChI is InChI=1S/C12H19N3O2/c1-8-5-6-10(17-4)9(7-8)11(13)12(16)14-15(2)3/h5-7,11H,13H2,1-4H3,(H,14,16). The van der Waals surface area contributed by atoms with E-state index in [1.165, 1.54) is 0 Å². The molecular weight excluding hydrogens is 218 g/mol. The molecule has 1 atom stereocenters. The fourth-order valence-electron chi connectivity index (χ4n) is 1.53. The van der Waals surface area contributed by atoms with E-state index in [1.807, 2.05) is 25.1 Å². The maximum atomic E-state index is 11.8. The number of methoxy groups -OCH3 is 1. The maximum Gasteiger partial charge on any atom is 0.255 e. The van der Waals surface area contributed by atoms with Gasteiger partial charge in [0.25, 0.3) is 5.91 Å². The van der Waals surface area contributed by atoms with Crippen LogP contribution in [0.1, 0.15) is 17.2 Å². The van der Waals surface area contributed by atoms with Crippen molar-refractivity contribution in [2.24, 2.45) is 5.73 Å². The number of hydrogen-bond acceptors (Lipinski definition) is 4. The Morgan fingerprint density at radius 1 is 1.47 bits per heavy atom. The number of carbonyl (C=O) groups is 1. The van der Waals surface area contributed by atoms with E-state index >= 15 is 0 Å². The first kappa shape index (κ1) is 13.5. The summed E-state index contributed by atoms with van der Waals surface area (Å²) in [7, 11) is 5.03. The lowest BCUT2D eigenvalue weighted by molar-refractivity contribution is -0.126. The van der Waals surface area contributed by atoms with Crippen molar-refractivity contribution in [3.8, 4) is 5.75 Å². The monoisotopic (exact) mass is 237 g/mol. The highest BCUT2D eigenvalue weighted by atomic mass is 16.5. The lowest BCUT2D eigenvalue weighted by Gasteiger charge is -2.19. The summed E-state index contributed by atoms with van der Waals surface area (Å²) < 4.78 is 5.20. The molecule has 1 aromatic carbocycles. The van der Waals surface area contributed by atoms with Crippen LogP contribution in [0, 0.1) is 6.92 Å². The van der Waals surface area contributed by atoms with E-state index < -0.39 is 6.04 Å². The van der Waals surface area contributed by atoms with Crippen molar-refractivity contribution in [3.05, 3.63) is 29.3 Å². The number of amides is 1. The molecule has 1 rings (SSSR count). The van der Waals surface area contributed by atoms with Gasteiger partial charge in [0.15, 0.2) is 0 Å². The third-order valence-electron chi connectivity index (χ3n) is 2.34. The summed E-state index contributed by atoms with van der Waals surface area (Å²) in [5.41, 5.74) is 10.3. The van der Waals surface area contributed by atoms with E-state index in [-0.39, 0.29) is 5.91 Å². The Balaban J connectivity index is 2.98. The topological polar surface area (TPSA) is 67.6 Å². The van der Waals surface area contributed by atoms with Gasteiger partial charge in [-0.25, -0.2) is 5.01 Å². The minimum absolute atomic E-state index is 0.265. The Morgan fingerprint density at radius 2 is 2.12 bits per heavy atom. The first-order valence-electron chi connectivity index (χ1n) is 5.33. The Morgan fingerprint density at radius 3 is 2.65 bits per heavy atom. The average molecular weight is 237 g/mol. The van der Waals surface area contributed by atoms with E-state index in [0.717, 1.165) is 5.56 Å². The first-order valence-corrected chi connectivity index (χ1v) is 5.33. The number of carbonyl (C=O) groups excluding carboxylic acids is 1. The zero-order chi connectivity index (χ0) is 13.0. The number of hydrogen-bond donors (Lipinski definition) is 2. The van der Waals surface area contributed by atoms with Crippen LogP contribution < -0.4 is 15.9 Å². The van der Waals surface area contributed by atoms with Crippen LogP contribution in [0.4, 0.5) is 0 Å². The zero-order valence-electron chi connectivity index (χ0n) is 10.7. The molecule has 1 amide bonds. The van der Waals surface area contributed by atoms with Crippen molar-refractivity contribution in [2.45, 2.75) is 13.0 Å². The number of nitrogens with two attached hydrogens (primary N) is 1. The van der Waals surface area contributed by atoms with Crippen LogP contribution in [0.25, 0.3) is 0 Å². The summed E-state index contributed by atoms with van der Waals surface area (Å²) in [6.07, 6.45) is 0. The van der Waals surface area contributed by atoms with Crippen molar-refractivity contribution in [1.82, 2.24) is 10.4 Å². The zero-order valence-corrected chi connectivity index (χ0v) is 10.7. The van der Waals surface area contributed by atoms with Gasteiger partial charge in [0, 0.05) is 19.7 Å². The van der Waals surface area contributed by atoms with E-state index in [9.17, 15) is 4.79 Å². The van der Waals surface area contributed by atoms with Gasteiger partial charge < -0.3 is 10.5 Å². The molecule has 0 aromatic heterocycles. The van der Waals surface area contributed by atoms with E-state index in [2.05, 4.69) is 5.43 Å². The summed E-state index contributed by atoms with van der Waals surface area (Å²) in [6, 6.07) is 4.85. The summed E-state index contributed by atoms with van der Waals surface area (Å²) >= 11 is 0. The molecule has 0 heterocycles. The van der Waals surface area contributed by atoms with Crippen LogP contribution in [0.15, 0.2) is 18.2 Å². The van der Waals surface area contributed by atoms with Gasteiger partial charge in [-0.15, -0.1) is 0 Å². The van der Waals surface area contributed by atoms with Gasteiger partial charge in [-0.2, -0.15) is 0 Å². The predicted octanol–water partition coefficient (Wildman–Crippen LogP) is 0.596. The molecule has 0 aliphatic rings. The minimum Gasteiger partial charge on any atom is -0.496 e. The van der Waals surface area contributed by atoms with Gasteiger partial charge in [-0.05, 0) is 13.0 Å².